The molecule has 2 aromatic carbocycles. The molecule has 0 saturated heterocycles. The van der Waals surface area contributed by atoms with Crippen LogP contribution in [0, 0.1) is 6.92 Å². The Hall–Kier alpha value is -2.82. The van der Waals surface area contributed by atoms with E-state index in [-0.39, 0.29) is 11.8 Å². The van der Waals surface area contributed by atoms with Crippen LogP contribution in [0.4, 0.5) is 17.1 Å². The van der Waals surface area contributed by atoms with Crippen molar-refractivity contribution in [3.8, 4) is 0 Å². The van der Waals surface area contributed by atoms with Gasteiger partial charge in [-0.2, -0.15) is 0 Å². The Balaban J connectivity index is 2.17. The van der Waals surface area contributed by atoms with E-state index in [1.165, 1.54) is 6.92 Å². The third-order valence-corrected chi connectivity index (χ3v) is 2.98. The van der Waals surface area contributed by atoms with Gasteiger partial charge in [-0.25, -0.2) is 0 Å². The molecule has 5 heteroatoms. The number of hydrogen-bond donors (Lipinski definition) is 3. The molecule has 0 aromatic heterocycles. The largest absolute Gasteiger partial charge is 0.399 e. The highest BCUT2D eigenvalue weighted by molar-refractivity contribution is 6.04. The summed E-state index contributed by atoms with van der Waals surface area (Å²) in [5.74, 6) is -0.382. The smallest absolute Gasteiger partial charge is 0.255 e. The van der Waals surface area contributed by atoms with Gasteiger partial charge in [0.1, 0.15) is 0 Å². The SMILES string of the molecule is CC(=O)Nc1cc(NC(=O)c2ccc(N)cc2)ccc1C. The van der Waals surface area contributed by atoms with Crippen LogP contribution in [0.5, 0.6) is 0 Å². The van der Waals surface area contributed by atoms with Crippen molar-refractivity contribution in [1.29, 1.82) is 0 Å². The second-order valence-electron chi connectivity index (χ2n) is 4.79. The molecule has 0 radical (unpaired) electrons. The topological polar surface area (TPSA) is 84.2 Å². The van der Waals surface area contributed by atoms with Crippen molar-refractivity contribution in [3.05, 3.63) is 53.6 Å². The number of anilines is 3. The van der Waals surface area contributed by atoms with Crippen LogP contribution in [-0.4, -0.2) is 11.8 Å². The minimum absolute atomic E-state index is 0.153. The van der Waals surface area contributed by atoms with Gasteiger partial charge in [-0.1, -0.05) is 6.07 Å². The van der Waals surface area contributed by atoms with Crippen LogP contribution in [0.15, 0.2) is 42.5 Å². The van der Waals surface area contributed by atoms with E-state index in [9.17, 15) is 9.59 Å². The molecule has 0 bridgehead atoms. The van der Waals surface area contributed by atoms with Gasteiger partial charge in [0, 0.05) is 29.5 Å². The normalized spacial score (nSPS) is 10.0. The molecular formula is C16H17N3O2. The van der Waals surface area contributed by atoms with Crippen LogP contribution in [0.3, 0.4) is 0 Å². The summed E-state index contributed by atoms with van der Waals surface area (Å²) >= 11 is 0. The predicted molar refractivity (Wildman–Crippen MR) is 84.3 cm³/mol. The van der Waals surface area contributed by atoms with E-state index < -0.39 is 0 Å². The fraction of sp³-hybridized carbons (Fsp3) is 0.125. The molecule has 0 fully saturated rings. The lowest BCUT2D eigenvalue weighted by molar-refractivity contribution is -0.114. The number of hydrogen-bond acceptors (Lipinski definition) is 3. The second kappa shape index (κ2) is 6.09. The van der Waals surface area contributed by atoms with E-state index in [1.807, 2.05) is 13.0 Å². The zero-order valence-electron chi connectivity index (χ0n) is 11.9. The lowest BCUT2D eigenvalue weighted by atomic mass is 10.1. The molecule has 0 aliphatic carbocycles. The first-order chi connectivity index (χ1) is 9.95. The molecule has 21 heavy (non-hydrogen) atoms. The van der Waals surface area contributed by atoms with E-state index in [2.05, 4.69) is 10.6 Å². The zero-order chi connectivity index (χ0) is 15.4. The average Bonchev–Trinajstić information content (AvgIpc) is 2.42. The van der Waals surface area contributed by atoms with Gasteiger partial charge < -0.3 is 16.4 Å². The van der Waals surface area contributed by atoms with E-state index >= 15 is 0 Å². The number of rotatable bonds is 3. The molecule has 0 unspecified atom stereocenters. The fourth-order valence-electron chi connectivity index (χ4n) is 1.86. The molecule has 4 N–H and O–H groups in total. The van der Waals surface area contributed by atoms with Gasteiger partial charge >= 0.3 is 0 Å². The van der Waals surface area contributed by atoms with Crippen LogP contribution >= 0.6 is 0 Å². The van der Waals surface area contributed by atoms with Gasteiger partial charge in [0.2, 0.25) is 5.91 Å². The van der Waals surface area contributed by atoms with E-state index in [1.54, 1.807) is 36.4 Å². The van der Waals surface area contributed by atoms with Gasteiger partial charge in [-0.15, -0.1) is 0 Å². The molecule has 2 aromatic rings. The number of nitrogens with two attached hydrogens (primary N) is 1. The first-order valence-corrected chi connectivity index (χ1v) is 6.51. The van der Waals surface area contributed by atoms with Crippen molar-refractivity contribution < 1.29 is 9.59 Å². The molecule has 0 aliphatic rings. The van der Waals surface area contributed by atoms with Crippen molar-refractivity contribution in [2.75, 3.05) is 16.4 Å². The maximum Gasteiger partial charge on any atom is 0.255 e. The highest BCUT2D eigenvalue weighted by atomic mass is 16.2. The van der Waals surface area contributed by atoms with Crippen molar-refractivity contribution >= 4 is 28.9 Å². The van der Waals surface area contributed by atoms with Crippen molar-refractivity contribution in [2.45, 2.75) is 13.8 Å². The maximum absolute atomic E-state index is 12.1. The van der Waals surface area contributed by atoms with Crippen LogP contribution in [0.2, 0.25) is 0 Å². The maximum atomic E-state index is 12.1. The first kappa shape index (κ1) is 14.6. The number of benzene rings is 2. The summed E-state index contributed by atoms with van der Waals surface area (Å²) < 4.78 is 0. The Labute approximate surface area is 123 Å². The number of carbonyl (C=O) groups excluding carboxylic acids is 2. The third kappa shape index (κ3) is 3.82. The third-order valence-electron chi connectivity index (χ3n) is 2.98. The summed E-state index contributed by atoms with van der Waals surface area (Å²) in [6.07, 6.45) is 0. The quantitative estimate of drug-likeness (QED) is 0.757. The minimum atomic E-state index is -0.229. The lowest BCUT2D eigenvalue weighted by Crippen LogP contribution is -2.13. The summed E-state index contributed by atoms with van der Waals surface area (Å²) in [6, 6.07) is 12.0. The van der Waals surface area contributed by atoms with Crippen LogP contribution in [-0.2, 0) is 4.79 Å². The molecule has 108 valence electrons. The van der Waals surface area contributed by atoms with Gasteiger partial charge in [0.05, 0.1) is 0 Å². The second-order valence-corrected chi connectivity index (χ2v) is 4.79. The minimum Gasteiger partial charge on any atom is -0.399 e. The van der Waals surface area contributed by atoms with Gasteiger partial charge in [0.25, 0.3) is 5.91 Å². The summed E-state index contributed by atoms with van der Waals surface area (Å²) in [6.45, 7) is 3.33. The summed E-state index contributed by atoms with van der Waals surface area (Å²) in [5.41, 5.74) is 8.94. The number of carbonyl (C=O) groups is 2. The van der Waals surface area contributed by atoms with Crippen LogP contribution in [0.1, 0.15) is 22.8 Å². The summed E-state index contributed by atoms with van der Waals surface area (Å²) in [7, 11) is 0. The Kier molecular flexibility index (Phi) is 4.23. The number of aryl methyl sites for hydroxylation is 1. The fourth-order valence-corrected chi connectivity index (χ4v) is 1.86. The Morgan fingerprint density at radius 1 is 1.00 bits per heavy atom. The summed E-state index contributed by atoms with van der Waals surface area (Å²) in [5, 5.41) is 5.51. The molecule has 5 nitrogen and oxygen atoms in total. The summed E-state index contributed by atoms with van der Waals surface area (Å²) in [4.78, 5) is 23.2. The number of nitrogens with one attached hydrogen (secondary N) is 2. The predicted octanol–water partition coefficient (Wildman–Crippen LogP) is 2.79. The number of amides is 2. The van der Waals surface area contributed by atoms with Crippen molar-refractivity contribution in [1.82, 2.24) is 0 Å². The van der Waals surface area contributed by atoms with Crippen LogP contribution < -0.4 is 16.4 Å². The van der Waals surface area contributed by atoms with E-state index in [4.69, 9.17) is 5.73 Å². The monoisotopic (exact) mass is 283 g/mol. The molecule has 0 atom stereocenters. The van der Waals surface area contributed by atoms with Gasteiger partial charge in [0.15, 0.2) is 0 Å². The highest BCUT2D eigenvalue weighted by Gasteiger charge is 2.07. The zero-order valence-corrected chi connectivity index (χ0v) is 11.9. The molecule has 2 amide bonds. The van der Waals surface area contributed by atoms with Gasteiger partial charge in [-0.05, 0) is 48.9 Å². The Morgan fingerprint density at radius 3 is 2.29 bits per heavy atom. The van der Waals surface area contributed by atoms with E-state index in [0.717, 1.165) is 5.56 Å². The van der Waals surface area contributed by atoms with Crippen molar-refractivity contribution in [2.24, 2.45) is 0 Å². The van der Waals surface area contributed by atoms with Crippen molar-refractivity contribution in [3.63, 3.8) is 0 Å². The van der Waals surface area contributed by atoms with Gasteiger partial charge in [-0.3, -0.25) is 9.59 Å². The molecule has 0 heterocycles. The molecular weight excluding hydrogens is 266 g/mol. The molecule has 0 saturated carbocycles. The molecule has 0 aliphatic heterocycles. The molecule has 2 rings (SSSR count). The Morgan fingerprint density at radius 2 is 1.67 bits per heavy atom. The van der Waals surface area contributed by atoms with Crippen LogP contribution in [0.25, 0.3) is 0 Å². The first-order valence-electron chi connectivity index (χ1n) is 6.51. The van der Waals surface area contributed by atoms with E-state index in [0.29, 0.717) is 22.6 Å². The molecule has 0 spiro atoms. The standard InChI is InChI=1S/C16H17N3O2/c1-10-3-8-14(9-15(10)18-11(2)20)19-16(21)12-4-6-13(17)7-5-12/h3-9H,17H2,1-2H3,(H,18,20)(H,19,21). The number of nitrogen functional groups attached to an aromatic ring is 1. The lowest BCUT2D eigenvalue weighted by Gasteiger charge is -2.10. The Bertz CT molecular complexity index is 678. The average molecular weight is 283 g/mol. The highest BCUT2D eigenvalue weighted by Crippen LogP contribution is 2.21.